The Morgan fingerprint density at radius 2 is 1.92 bits per heavy atom. The molecule has 1 aromatic carbocycles. The van der Waals surface area contributed by atoms with Crippen LogP contribution in [0.4, 0.5) is 5.69 Å². The van der Waals surface area contributed by atoms with Gasteiger partial charge in [-0.2, -0.15) is 0 Å². The molecule has 3 N–H and O–H groups in total. The van der Waals surface area contributed by atoms with Gasteiger partial charge in [0, 0.05) is 4.47 Å². The predicted octanol–water partition coefficient (Wildman–Crippen LogP) is 2.38. The first-order valence-electron chi connectivity index (χ1n) is 6.20. The number of nitrogens with zero attached hydrogens (tertiary/aromatic N) is 1. The van der Waals surface area contributed by atoms with Crippen LogP contribution in [0.3, 0.4) is 0 Å². The van der Waals surface area contributed by atoms with Gasteiger partial charge >= 0.3 is 16.9 Å². The lowest BCUT2D eigenvalue weighted by atomic mass is 10.1. The van der Waals surface area contributed by atoms with Crippen LogP contribution in [0, 0.1) is 10.1 Å². The minimum absolute atomic E-state index is 0.128. The van der Waals surface area contributed by atoms with Crippen LogP contribution in [0.15, 0.2) is 24.6 Å². The fourth-order valence-electron chi connectivity index (χ4n) is 1.86. The summed E-state index contributed by atoms with van der Waals surface area (Å²) in [5.41, 5.74) is -2.54. The van der Waals surface area contributed by atoms with Gasteiger partial charge in [0.05, 0.1) is 16.5 Å². The molecule has 0 radical (unpaired) electrons. The molecule has 126 valence electrons. The van der Waals surface area contributed by atoms with Crippen LogP contribution in [0.25, 0.3) is 12.2 Å². The van der Waals surface area contributed by atoms with E-state index in [0.29, 0.717) is 14.5 Å². The van der Waals surface area contributed by atoms with Crippen molar-refractivity contribution >= 4 is 49.7 Å². The van der Waals surface area contributed by atoms with Gasteiger partial charge < -0.3 is 14.8 Å². The first-order valence-corrected chi connectivity index (χ1v) is 7.78. The summed E-state index contributed by atoms with van der Waals surface area (Å²) in [7, 11) is 1.36. The van der Waals surface area contributed by atoms with E-state index in [9.17, 15) is 24.8 Å². The molecule has 24 heavy (non-hydrogen) atoms. The van der Waals surface area contributed by atoms with Gasteiger partial charge in [0.25, 0.3) is 0 Å². The zero-order chi connectivity index (χ0) is 18.0. The zero-order valence-electron chi connectivity index (χ0n) is 11.9. The van der Waals surface area contributed by atoms with Crippen molar-refractivity contribution in [2.75, 3.05) is 7.11 Å². The molecule has 0 fully saturated rings. The van der Waals surface area contributed by atoms with Crippen LogP contribution in [-0.4, -0.2) is 27.1 Å². The van der Waals surface area contributed by atoms with Crippen molar-refractivity contribution in [3.8, 4) is 11.5 Å². The second-order valence-electron chi connectivity index (χ2n) is 4.41. The van der Waals surface area contributed by atoms with Gasteiger partial charge in [-0.3, -0.25) is 19.9 Å². The second-order valence-corrected chi connectivity index (χ2v) is 5.99. The molecular formula is C13H9Br2N3O6. The number of nitro groups is 1. The van der Waals surface area contributed by atoms with E-state index in [2.05, 4.69) is 36.8 Å². The van der Waals surface area contributed by atoms with Crippen molar-refractivity contribution in [1.82, 2.24) is 9.97 Å². The number of hydrogen-bond donors (Lipinski definition) is 3. The van der Waals surface area contributed by atoms with Gasteiger partial charge in [-0.25, -0.2) is 4.79 Å². The van der Waals surface area contributed by atoms with Gasteiger partial charge in [0.1, 0.15) is 5.69 Å². The molecule has 0 atom stereocenters. The highest BCUT2D eigenvalue weighted by molar-refractivity contribution is 9.13. The summed E-state index contributed by atoms with van der Waals surface area (Å²) in [5.74, 6) is 0.0377. The van der Waals surface area contributed by atoms with Crippen molar-refractivity contribution in [2.24, 2.45) is 0 Å². The number of halogens is 2. The Kier molecular flexibility index (Phi) is 5.24. The Balaban J connectivity index is 2.61. The number of aromatic amines is 2. The Bertz CT molecular complexity index is 963. The third kappa shape index (κ3) is 3.41. The Morgan fingerprint density at radius 3 is 2.50 bits per heavy atom. The number of hydrogen-bond acceptors (Lipinski definition) is 6. The fraction of sp³-hybridized carbons (Fsp3) is 0.0769. The number of phenols is 1. The average Bonchev–Trinajstić information content (AvgIpc) is 2.51. The number of phenolic OH excluding ortho intramolecular Hbond substituents is 1. The number of ether oxygens (including phenoxy) is 1. The Hall–Kier alpha value is -2.40. The summed E-state index contributed by atoms with van der Waals surface area (Å²) in [6.45, 7) is 0. The van der Waals surface area contributed by atoms with Gasteiger partial charge in [-0.15, -0.1) is 0 Å². The smallest absolute Gasteiger partial charge is 0.357 e. The van der Waals surface area contributed by atoms with Gasteiger partial charge in [0.15, 0.2) is 11.5 Å². The minimum atomic E-state index is -1.10. The summed E-state index contributed by atoms with van der Waals surface area (Å²) in [6, 6.07) is 1.47. The van der Waals surface area contributed by atoms with Crippen LogP contribution < -0.4 is 16.0 Å². The number of aromatic nitrogens is 2. The molecule has 0 amide bonds. The van der Waals surface area contributed by atoms with Crippen molar-refractivity contribution < 1.29 is 14.8 Å². The number of H-pyrrole nitrogens is 2. The quantitative estimate of drug-likeness (QED) is 0.471. The van der Waals surface area contributed by atoms with E-state index in [1.54, 1.807) is 4.98 Å². The van der Waals surface area contributed by atoms with E-state index < -0.39 is 21.9 Å². The molecule has 2 rings (SSSR count). The molecule has 0 spiro atoms. The van der Waals surface area contributed by atoms with Crippen LogP contribution in [0.5, 0.6) is 11.5 Å². The van der Waals surface area contributed by atoms with E-state index in [4.69, 9.17) is 4.74 Å². The van der Waals surface area contributed by atoms with E-state index in [1.165, 1.54) is 25.3 Å². The number of aromatic hydroxyl groups is 1. The normalized spacial score (nSPS) is 11.0. The maximum absolute atomic E-state index is 11.6. The second kappa shape index (κ2) is 7.01. The highest BCUT2D eigenvalue weighted by atomic mass is 79.9. The molecule has 1 aromatic heterocycles. The van der Waals surface area contributed by atoms with E-state index in [0.717, 1.165) is 0 Å². The number of nitrogens with one attached hydrogen (secondary N) is 2. The third-order valence-electron chi connectivity index (χ3n) is 2.95. The fourth-order valence-corrected chi connectivity index (χ4v) is 2.72. The standard InChI is InChI=1S/C13H9Br2N3O6/c1-24-7-4-5(8(14)9(15)11(7)19)2-3-6-10(18(22)23)12(20)17-13(21)16-6/h2-4,19H,1H3,(H2,16,17,20,21). The summed E-state index contributed by atoms with van der Waals surface area (Å²) < 4.78 is 5.78. The largest absolute Gasteiger partial charge is 0.503 e. The molecule has 9 nitrogen and oxygen atoms in total. The summed E-state index contributed by atoms with van der Waals surface area (Å²) in [4.78, 5) is 37.0. The van der Waals surface area contributed by atoms with Crippen LogP contribution in [0.1, 0.15) is 11.3 Å². The molecule has 1 heterocycles. The number of methoxy groups -OCH3 is 1. The molecule has 0 saturated heterocycles. The van der Waals surface area contributed by atoms with E-state index in [1.807, 2.05) is 0 Å². The van der Waals surface area contributed by atoms with Crippen molar-refractivity contribution in [1.29, 1.82) is 0 Å². The minimum Gasteiger partial charge on any atom is -0.503 e. The molecular weight excluding hydrogens is 454 g/mol. The predicted molar refractivity (Wildman–Crippen MR) is 93.3 cm³/mol. The van der Waals surface area contributed by atoms with Crippen LogP contribution >= 0.6 is 31.9 Å². The maximum atomic E-state index is 11.6. The van der Waals surface area contributed by atoms with Crippen molar-refractivity contribution in [2.45, 2.75) is 0 Å². The molecule has 11 heteroatoms. The SMILES string of the molecule is COc1cc(C=Cc2[nH]c(=O)[nH]c(=O)c2[N+](=O)[O-])c(Br)c(Br)c1O. The topological polar surface area (TPSA) is 138 Å². The lowest BCUT2D eigenvalue weighted by Gasteiger charge is -2.09. The first-order chi connectivity index (χ1) is 11.3. The van der Waals surface area contributed by atoms with Crippen LogP contribution in [0.2, 0.25) is 0 Å². The number of benzene rings is 1. The summed E-state index contributed by atoms with van der Waals surface area (Å²) >= 11 is 6.43. The molecule has 0 aliphatic heterocycles. The Labute approximate surface area is 150 Å². The zero-order valence-corrected chi connectivity index (χ0v) is 15.1. The monoisotopic (exact) mass is 461 g/mol. The van der Waals surface area contributed by atoms with Gasteiger partial charge in [0.2, 0.25) is 0 Å². The molecule has 2 aromatic rings. The third-order valence-corrected chi connectivity index (χ3v) is 5.11. The number of rotatable bonds is 4. The van der Waals surface area contributed by atoms with Crippen molar-refractivity contribution in [3.63, 3.8) is 0 Å². The van der Waals surface area contributed by atoms with Crippen LogP contribution in [-0.2, 0) is 0 Å². The van der Waals surface area contributed by atoms with E-state index >= 15 is 0 Å². The summed E-state index contributed by atoms with van der Waals surface area (Å²) in [5, 5.41) is 20.9. The molecule has 0 saturated carbocycles. The lowest BCUT2D eigenvalue weighted by molar-refractivity contribution is -0.386. The molecule has 0 unspecified atom stereocenters. The maximum Gasteiger partial charge on any atom is 0.357 e. The van der Waals surface area contributed by atoms with Gasteiger partial charge in [-0.1, -0.05) is 6.08 Å². The lowest BCUT2D eigenvalue weighted by Crippen LogP contribution is -2.25. The van der Waals surface area contributed by atoms with Gasteiger partial charge in [-0.05, 0) is 49.6 Å². The first kappa shape index (κ1) is 17.9. The molecule has 0 bridgehead atoms. The highest BCUT2D eigenvalue weighted by Crippen LogP contribution is 2.42. The molecule has 0 aliphatic rings. The molecule has 0 aliphatic carbocycles. The Morgan fingerprint density at radius 1 is 1.25 bits per heavy atom. The highest BCUT2D eigenvalue weighted by Gasteiger charge is 2.19. The van der Waals surface area contributed by atoms with Crippen molar-refractivity contribution in [3.05, 3.63) is 57.2 Å². The van der Waals surface area contributed by atoms with E-state index in [-0.39, 0.29) is 17.2 Å². The summed E-state index contributed by atoms with van der Waals surface area (Å²) in [6.07, 6.45) is 2.62. The average molecular weight is 463 g/mol.